The number of aliphatic carboxylic acids is 1. The first-order valence-corrected chi connectivity index (χ1v) is 13.7. The second-order valence-electron chi connectivity index (χ2n) is 14.5. The van der Waals surface area contributed by atoms with Crippen LogP contribution in [0, 0.1) is 62.1 Å². The first kappa shape index (κ1) is 24.8. The van der Waals surface area contributed by atoms with E-state index in [1.807, 2.05) is 6.92 Å². The number of carboxylic acids is 1. The van der Waals surface area contributed by atoms with Gasteiger partial charge in [0.2, 0.25) is 0 Å². The molecule has 5 rings (SSSR count). The predicted molar refractivity (Wildman–Crippen MR) is 136 cm³/mol. The van der Waals surface area contributed by atoms with E-state index in [-0.39, 0.29) is 39.3 Å². The predicted octanol–water partition coefficient (Wildman–Crippen LogP) is 7.11. The summed E-state index contributed by atoms with van der Waals surface area (Å²) < 4.78 is 0. The second-order valence-corrected chi connectivity index (χ2v) is 14.5. The van der Waals surface area contributed by atoms with Crippen LogP contribution in [0.2, 0.25) is 0 Å². The van der Waals surface area contributed by atoms with E-state index in [9.17, 15) is 20.0 Å². The van der Waals surface area contributed by atoms with E-state index >= 15 is 0 Å². The molecule has 5 aliphatic rings. The third-order valence-electron chi connectivity index (χ3n) is 12.6. The van der Waals surface area contributed by atoms with Crippen molar-refractivity contribution < 1.29 is 14.7 Å². The van der Waals surface area contributed by atoms with Crippen molar-refractivity contribution in [2.75, 3.05) is 0 Å². The zero-order chi connectivity index (χ0) is 25.8. The highest BCUT2D eigenvalue weighted by molar-refractivity contribution is 6.01. The maximum Gasteiger partial charge on any atom is 0.310 e. The number of Topliss-reactive ketones (excluding diaryl/α,β-unsaturated/α-hetero) is 1. The molecular formula is C31H43NO3. The Morgan fingerprint density at radius 2 is 1.74 bits per heavy atom. The molecule has 0 aromatic heterocycles. The van der Waals surface area contributed by atoms with E-state index < -0.39 is 11.4 Å². The number of nitriles is 1. The largest absolute Gasteiger partial charge is 0.481 e. The molecule has 0 spiro atoms. The lowest BCUT2D eigenvalue weighted by molar-refractivity contribution is -0.173. The third kappa shape index (κ3) is 2.96. The minimum absolute atomic E-state index is 0.00907. The smallest absolute Gasteiger partial charge is 0.310 e. The normalized spacial score (nSPS) is 48.5. The summed E-state index contributed by atoms with van der Waals surface area (Å²) >= 11 is 0. The molecule has 0 saturated heterocycles. The molecule has 190 valence electrons. The van der Waals surface area contributed by atoms with Crippen molar-refractivity contribution >= 4 is 11.8 Å². The summed E-state index contributed by atoms with van der Waals surface area (Å²) in [6.07, 6.45) is 9.27. The van der Waals surface area contributed by atoms with Gasteiger partial charge in [-0.05, 0) is 103 Å². The first-order valence-electron chi connectivity index (χ1n) is 13.7. The van der Waals surface area contributed by atoms with Gasteiger partial charge in [-0.3, -0.25) is 9.59 Å². The Morgan fingerprint density at radius 3 is 2.37 bits per heavy atom. The average Bonchev–Trinajstić information content (AvgIpc) is 2.75. The third-order valence-corrected chi connectivity index (χ3v) is 12.6. The summed E-state index contributed by atoms with van der Waals surface area (Å²) in [5, 5.41) is 20.3. The molecular weight excluding hydrogens is 434 g/mol. The monoisotopic (exact) mass is 477 g/mol. The average molecular weight is 478 g/mol. The number of rotatable bonds is 1. The van der Waals surface area contributed by atoms with Crippen LogP contribution in [0.3, 0.4) is 0 Å². The van der Waals surface area contributed by atoms with Gasteiger partial charge in [-0.1, -0.05) is 53.2 Å². The van der Waals surface area contributed by atoms with E-state index in [4.69, 9.17) is 0 Å². The maximum atomic E-state index is 12.9. The van der Waals surface area contributed by atoms with Gasteiger partial charge in [-0.25, -0.2) is 0 Å². The lowest BCUT2D eigenvalue weighted by Crippen LogP contribution is -2.63. The quantitative estimate of drug-likeness (QED) is 0.408. The van der Waals surface area contributed by atoms with Crippen LogP contribution >= 0.6 is 0 Å². The Bertz CT molecular complexity index is 1110. The minimum atomic E-state index is -0.625. The zero-order valence-corrected chi connectivity index (χ0v) is 22.8. The van der Waals surface area contributed by atoms with Crippen LogP contribution in [0.1, 0.15) is 99.8 Å². The molecule has 3 saturated carbocycles. The molecule has 0 radical (unpaired) electrons. The van der Waals surface area contributed by atoms with Gasteiger partial charge in [0.05, 0.1) is 11.0 Å². The molecule has 35 heavy (non-hydrogen) atoms. The fourth-order valence-corrected chi connectivity index (χ4v) is 10.1. The molecule has 4 nitrogen and oxygen atoms in total. The maximum absolute atomic E-state index is 12.9. The van der Waals surface area contributed by atoms with Crippen molar-refractivity contribution in [3.63, 3.8) is 0 Å². The Balaban J connectivity index is 1.67. The van der Waals surface area contributed by atoms with Gasteiger partial charge in [0.15, 0.2) is 5.78 Å². The summed E-state index contributed by atoms with van der Waals surface area (Å²) in [5.41, 5.74) is 2.17. The highest BCUT2D eigenvalue weighted by Gasteiger charge is 2.68. The molecule has 0 bridgehead atoms. The molecule has 0 amide bonds. The van der Waals surface area contributed by atoms with Gasteiger partial charge in [0.1, 0.15) is 6.07 Å². The molecule has 2 unspecified atom stereocenters. The van der Waals surface area contributed by atoms with Gasteiger partial charge in [-0.15, -0.1) is 0 Å². The zero-order valence-electron chi connectivity index (χ0n) is 22.8. The summed E-state index contributed by atoms with van der Waals surface area (Å²) in [7, 11) is 0. The summed E-state index contributed by atoms with van der Waals surface area (Å²) in [4.78, 5) is 25.7. The van der Waals surface area contributed by atoms with E-state index in [0.717, 1.165) is 50.5 Å². The summed E-state index contributed by atoms with van der Waals surface area (Å²) in [5.74, 6) is 0.461. The number of hydrogen-bond acceptors (Lipinski definition) is 3. The summed E-state index contributed by atoms with van der Waals surface area (Å²) in [6.45, 7) is 16.2. The molecule has 1 N–H and O–H groups in total. The van der Waals surface area contributed by atoms with Crippen molar-refractivity contribution in [3.8, 4) is 6.07 Å². The molecule has 0 aromatic carbocycles. The number of fused-ring (bicyclic) bond motifs is 7. The lowest BCUT2D eigenvalue weighted by atomic mass is 9.34. The Labute approximate surface area is 211 Å². The lowest BCUT2D eigenvalue weighted by Gasteiger charge is -2.69. The van der Waals surface area contributed by atoms with Crippen LogP contribution in [-0.2, 0) is 9.59 Å². The number of nitrogens with zero attached hydrogens (tertiary/aromatic N) is 1. The van der Waals surface area contributed by atoms with E-state index in [2.05, 4.69) is 53.7 Å². The van der Waals surface area contributed by atoms with Crippen LogP contribution in [-0.4, -0.2) is 16.9 Å². The number of ketones is 1. The number of hydrogen-bond donors (Lipinski definition) is 1. The van der Waals surface area contributed by atoms with Crippen molar-refractivity contribution in [2.45, 2.75) is 99.8 Å². The van der Waals surface area contributed by atoms with Crippen molar-refractivity contribution in [3.05, 3.63) is 22.8 Å². The van der Waals surface area contributed by atoms with Gasteiger partial charge in [0, 0.05) is 6.42 Å². The van der Waals surface area contributed by atoms with Crippen molar-refractivity contribution in [1.82, 2.24) is 0 Å². The Hall–Kier alpha value is -1.89. The molecule has 4 heteroatoms. The van der Waals surface area contributed by atoms with Crippen LogP contribution < -0.4 is 0 Å². The van der Waals surface area contributed by atoms with Crippen molar-refractivity contribution in [2.24, 2.45) is 50.7 Å². The van der Waals surface area contributed by atoms with Crippen LogP contribution in [0.4, 0.5) is 0 Å². The molecule has 0 heterocycles. The van der Waals surface area contributed by atoms with Crippen LogP contribution in [0.25, 0.3) is 0 Å². The molecule has 0 aliphatic heterocycles. The first-order chi connectivity index (χ1) is 16.2. The van der Waals surface area contributed by atoms with Crippen molar-refractivity contribution in [1.29, 1.82) is 5.26 Å². The summed E-state index contributed by atoms with van der Waals surface area (Å²) in [6, 6.07) is 2.26. The minimum Gasteiger partial charge on any atom is -0.481 e. The molecule has 3 fully saturated rings. The molecule has 8 atom stereocenters. The highest BCUT2D eigenvalue weighted by atomic mass is 16.4. The fraction of sp³-hybridized carbons (Fsp3) is 0.774. The number of carboxylic acid groups (broad SMARTS) is 1. The molecule has 5 aliphatic carbocycles. The topological polar surface area (TPSA) is 78.2 Å². The second kappa shape index (κ2) is 7.33. The standard InChI is InChI=1S/C31H43NO3/c1-18-14-30(7)22(25-19(2)20(17-32)24(33)16-28(18,25)5)9-8-21-23-15-27(3,4)10-12-31(23,26(34)35)13-11-29(21,30)6/h8,18,22-23,25H,9-16H2,1-7H3,(H,34,35)/t18-,22-,23?,25?,28+,29-,30-,31+/m1/s1. The Morgan fingerprint density at radius 1 is 1.09 bits per heavy atom. The van der Waals surface area contributed by atoms with Gasteiger partial charge in [0.25, 0.3) is 0 Å². The van der Waals surface area contributed by atoms with Gasteiger partial charge in [-0.2, -0.15) is 5.26 Å². The number of carbonyl (C=O) groups excluding carboxylic acids is 1. The molecule has 0 aromatic rings. The van der Waals surface area contributed by atoms with E-state index in [1.165, 1.54) is 5.57 Å². The van der Waals surface area contributed by atoms with Crippen LogP contribution in [0.15, 0.2) is 22.8 Å². The van der Waals surface area contributed by atoms with Gasteiger partial charge < -0.3 is 5.11 Å². The van der Waals surface area contributed by atoms with Gasteiger partial charge >= 0.3 is 5.97 Å². The number of allylic oxidation sites excluding steroid dienone is 4. The Kier molecular flexibility index (Phi) is 5.19. The van der Waals surface area contributed by atoms with E-state index in [1.54, 1.807) is 0 Å². The highest BCUT2D eigenvalue weighted by Crippen LogP contribution is 2.74. The fourth-order valence-electron chi connectivity index (χ4n) is 10.1. The SMILES string of the molecule is CC1=C(C#N)C(=O)C[C@]2(C)C1[C@H]1CC=C3C4CC(C)(C)CC[C@]4(C(=O)O)CC[C@@]3(C)[C@]1(C)C[C@H]2C. The number of carbonyl (C=O) groups is 2. The van der Waals surface area contributed by atoms with E-state index in [0.29, 0.717) is 23.8 Å². The van der Waals surface area contributed by atoms with Crippen LogP contribution in [0.5, 0.6) is 0 Å².